The lowest BCUT2D eigenvalue weighted by atomic mass is 10.1. The lowest BCUT2D eigenvalue weighted by molar-refractivity contribution is 0.291. The maximum absolute atomic E-state index is 5.39. The molecule has 2 aromatic rings. The quantitative estimate of drug-likeness (QED) is 0.585. The minimum absolute atomic E-state index is 0.209. The Morgan fingerprint density at radius 3 is 2.52 bits per heavy atom. The molecule has 1 aromatic carbocycles. The van der Waals surface area contributed by atoms with E-state index >= 15 is 0 Å². The molecule has 3 rings (SSSR count). The zero-order valence-electron chi connectivity index (χ0n) is 17.7. The van der Waals surface area contributed by atoms with Gasteiger partial charge in [0.25, 0.3) is 0 Å². The van der Waals surface area contributed by atoms with E-state index < -0.39 is 0 Å². The van der Waals surface area contributed by atoms with Gasteiger partial charge in [-0.15, -0.1) is 0 Å². The number of rotatable bonds is 6. The van der Waals surface area contributed by atoms with E-state index in [0.717, 1.165) is 50.4 Å². The topological polar surface area (TPSA) is 69.1 Å². The minimum atomic E-state index is 0.209. The second kappa shape index (κ2) is 10.1. The van der Waals surface area contributed by atoms with E-state index in [9.17, 15) is 0 Å². The standard InChI is InChI=1S/C21H31N7O/c1-22-20(27-11-13-28(14-12-27)21-23-9-6-10-24-21)25-16-19(26(2)3)17-7-5-8-18(15-17)29-4/h5-10,15,19H,11-14,16H2,1-4H3,(H,22,25). The highest BCUT2D eigenvalue weighted by Crippen LogP contribution is 2.22. The molecule has 1 unspecified atom stereocenters. The third-order valence-corrected chi connectivity index (χ3v) is 5.18. The number of hydrogen-bond donors (Lipinski definition) is 1. The number of aliphatic imine (C=N–C) groups is 1. The largest absolute Gasteiger partial charge is 0.497 e. The maximum atomic E-state index is 5.39. The minimum Gasteiger partial charge on any atom is -0.497 e. The van der Waals surface area contributed by atoms with Gasteiger partial charge in [0.15, 0.2) is 5.96 Å². The molecule has 8 nitrogen and oxygen atoms in total. The molecule has 8 heteroatoms. The summed E-state index contributed by atoms with van der Waals surface area (Å²) < 4.78 is 5.39. The van der Waals surface area contributed by atoms with Gasteiger partial charge in [0.2, 0.25) is 5.95 Å². The number of hydrogen-bond acceptors (Lipinski definition) is 6. The molecule has 1 aliphatic heterocycles. The van der Waals surface area contributed by atoms with Gasteiger partial charge in [-0.05, 0) is 37.9 Å². The first-order valence-corrected chi connectivity index (χ1v) is 9.90. The van der Waals surface area contributed by atoms with E-state index in [-0.39, 0.29) is 6.04 Å². The van der Waals surface area contributed by atoms with Crippen molar-refractivity contribution >= 4 is 11.9 Å². The van der Waals surface area contributed by atoms with Crippen LogP contribution in [0.4, 0.5) is 5.95 Å². The van der Waals surface area contributed by atoms with E-state index in [1.165, 1.54) is 5.56 Å². The van der Waals surface area contributed by atoms with Gasteiger partial charge < -0.3 is 24.8 Å². The van der Waals surface area contributed by atoms with E-state index in [1.807, 2.05) is 25.2 Å². The summed E-state index contributed by atoms with van der Waals surface area (Å²) in [5.41, 5.74) is 1.21. The molecule has 1 aromatic heterocycles. The van der Waals surface area contributed by atoms with Crippen LogP contribution in [0.1, 0.15) is 11.6 Å². The fourth-order valence-electron chi connectivity index (χ4n) is 3.54. The highest BCUT2D eigenvalue weighted by molar-refractivity contribution is 5.80. The molecule has 156 valence electrons. The fraction of sp³-hybridized carbons (Fsp3) is 0.476. The Bertz CT molecular complexity index is 789. The average Bonchev–Trinajstić information content (AvgIpc) is 2.77. The summed E-state index contributed by atoms with van der Waals surface area (Å²) in [5, 5.41) is 3.55. The Balaban J connectivity index is 1.59. The van der Waals surface area contributed by atoms with E-state index in [4.69, 9.17) is 4.74 Å². The van der Waals surface area contributed by atoms with Crippen LogP contribution >= 0.6 is 0 Å². The molecule has 0 bridgehead atoms. The van der Waals surface area contributed by atoms with Gasteiger partial charge in [-0.25, -0.2) is 9.97 Å². The summed E-state index contributed by atoms with van der Waals surface area (Å²) in [6, 6.07) is 10.3. The Morgan fingerprint density at radius 1 is 1.17 bits per heavy atom. The zero-order chi connectivity index (χ0) is 20.6. The van der Waals surface area contributed by atoms with E-state index in [1.54, 1.807) is 19.5 Å². The highest BCUT2D eigenvalue weighted by atomic mass is 16.5. The number of aromatic nitrogens is 2. The second-order valence-corrected chi connectivity index (χ2v) is 7.21. The van der Waals surface area contributed by atoms with Gasteiger partial charge in [0, 0.05) is 52.2 Å². The highest BCUT2D eigenvalue weighted by Gasteiger charge is 2.22. The molecule has 0 radical (unpaired) electrons. The van der Waals surface area contributed by atoms with Crippen molar-refractivity contribution in [2.75, 3.05) is 65.9 Å². The number of piperazine rings is 1. The molecule has 1 saturated heterocycles. The number of guanidine groups is 1. The van der Waals surface area contributed by atoms with E-state index in [0.29, 0.717) is 0 Å². The molecule has 29 heavy (non-hydrogen) atoms. The summed E-state index contributed by atoms with van der Waals surface area (Å²) in [7, 11) is 7.72. The summed E-state index contributed by atoms with van der Waals surface area (Å²) >= 11 is 0. The summed E-state index contributed by atoms with van der Waals surface area (Å²) in [6.45, 7) is 4.26. The number of nitrogens with one attached hydrogen (secondary N) is 1. The van der Waals surface area contributed by atoms with Crippen LogP contribution in [0.5, 0.6) is 5.75 Å². The monoisotopic (exact) mass is 397 g/mol. The lowest BCUT2D eigenvalue weighted by Gasteiger charge is -2.37. The summed E-state index contributed by atoms with van der Waals surface area (Å²) in [4.78, 5) is 19.9. The van der Waals surface area contributed by atoms with Crippen LogP contribution in [0.3, 0.4) is 0 Å². The predicted molar refractivity (Wildman–Crippen MR) is 117 cm³/mol. The van der Waals surface area contributed by atoms with Gasteiger partial charge in [-0.1, -0.05) is 12.1 Å². The Labute approximate surface area is 173 Å². The average molecular weight is 398 g/mol. The predicted octanol–water partition coefficient (Wildman–Crippen LogP) is 1.49. The van der Waals surface area contributed by atoms with Gasteiger partial charge in [0.1, 0.15) is 5.75 Å². The molecule has 1 N–H and O–H groups in total. The molecular formula is C21H31N7O. The first kappa shape index (κ1) is 20.9. The van der Waals surface area contributed by atoms with Crippen molar-refractivity contribution < 1.29 is 4.74 Å². The molecule has 0 amide bonds. The van der Waals surface area contributed by atoms with Crippen molar-refractivity contribution in [3.63, 3.8) is 0 Å². The number of nitrogens with zero attached hydrogens (tertiary/aromatic N) is 6. The van der Waals surface area contributed by atoms with Crippen molar-refractivity contribution in [2.24, 2.45) is 4.99 Å². The van der Waals surface area contributed by atoms with Crippen molar-refractivity contribution in [3.05, 3.63) is 48.3 Å². The summed E-state index contributed by atoms with van der Waals surface area (Å²) in [6.07, 6.45) is 3.57. The van der Waals surface area contributed by atoms with Crippen LogP contribution in [0.15, 0.2) is 47.7 Å². The second-order valence-electron chi connectivity index (χ2n) is 7.21. The Kier molecular flexibility index (Phi) is 7.24. The molecule has 2 heterocycles. The number of methoxy groups -OCH3 is 1. The van der Waals surface area contributed by atoms with Gasteiger partial charge in [-0.3, -0.25) is 4.99 Å². The van der Waals surface area contributed by atoms with Gasteiger partial charge >= 0.3 is 0 Å². The molecule has 0 spiro atoms. The third-order valence-electron chi connectivity index (χ3n) is 5.18. The lowest BCUT2D eigenvalue weighted by Crippen LogP contribution is -2.53. The normalized spacial score (nSPS) is 16.1. The Hall–Kier alpha value is -2.87. The van der Waals surface area contributed by atoms with Crippen LogP contribution < -0.4 is 15.0 Å². The molecule has 1 atom stereocenters. The van der Waals surface area contributed by atoms with Crippen LogP contribution in [0.2, 0.25) is 0 Å². The fourth-order valence-corrected chi connectivity index (χ4v) is 3.54. The maximum Gasteiger partial charge on any atom is 0.225 e. The number of ether oxygens (including phenoxy) is 1. The van der Waals surface area contributed by atoms with Crippen LogP contribution in [-0.2, 0) is 0 Å². The third kappa shape index (κ3) is 5.35. The van der Waals surface area contributed by atoms with Gasteiger partial charge in [0.05, 0.1) is 13.2 Å². The smallest absolute Gasteiger partial charge is 0.225 e. The van der Waals surface area contributed by atoms with E-state index in [2.05, 4.69) is 61.2 Å². The van der Waals surface area contributed by atoms with Crippen molar-refractivity contribution in [3.8, 4) is 5.75 Å². The number of likely N-dealkylation sites (N-methyl/N-ethyl adjacent to an activating group) is 1. The van der Waals surface area contributed by atoms with Gasteiger partial charge in [-0.2, -0.15) is 0 Å². The summed E-state index contributed by atoms with van der Waals surface area (Å²) in [5.74, 6) is 2.59. The van der Waals surface area contributed by atoms with Crippen molar-refractivity contribution in [1.82, 2.24) is 25.1 Å². The molecule has 0 aliphatic carbocycles. The molecule has 1 fully saturated rings. The molecule has 0 saturated carbocycles. The van der Waals surface area contributed by atoms with Crippen molar-refractivity contribution in [1.29, 1.82) is 0 Å². The van der Waals surface area contributed by atoms with Crippen molar-refractivity contribution in [2.45, 2.75) is 6.04 Å². The molecular weight excluding hydrogens is 366 g/mol. The number of benzene rings is 1. The SMILES string of the molecule is CN=C(NCC(c1cccc(OC)c1)N(C)C)N1CCN(c2ncccn2)CC1. The first-order chi connectivity index (χ1) is 14.1. The van der Waals surface area contributed by atoms with Crippen LogP contribution in [0.25, 0.3) is 0 Å². The Morgan fingerprint density at radius 2 is 1.90 bits per heavy atom. The molecule has 1 aliphatic rings. The number of anilines is 1. The zero-order valence-corrected chi connectivity index (χ0v) is 17.7. The first-order valence-electron chi connectivity index (χ1n) is 9.90. The van der Waals surface area contributed by atoms with Crippen LogP contribution in [-0.4, -0.2) is 86.7 Å². The van der Waals surface area contributed by atoms with Crippen LogP contribution in [0, 0.1) is 0 Å².